The Morgan fingerprint density at radius 2 is 1.83 bits per heavy atom. The molecule has 2 aromatic rings. The van der Waals surface area contributed by atoms with E-state index in [1.165, 1.54) is 30.5 Å². The fourth-order valence-electron chi connectivity index (χ4n) is 8.87. The number of nitrogens with one attached hydrogen (secondary N) is 1. The molecule has 0 radical (unpaired) electrons. The number of halogens is 2. The number of hydrogen-bond acceptors (Lipinski definition) is 4. The average molecular weight is 495 g/mol. The summed E-state index contributed by atoms with van der Waals surface area (Å²) in [6.07, 6.45) is 9.56. The molecule has 2 heterocycles. The van der Waals surface area contributed by atoms with Gasteiger partial charge in [-0.3, -0.25) is 9.59 Å². The Labute approximate surface area is 209 Å². The molecule has 5 aliphatic rings. The van der Waals surface area contributed by atoms with E-state index < -0.39 is 17.5 Å². The lowest BCUT2D eigenvalue weighted by molar-refractivity contribution is -0.153. The molecule has 7 rings (SSSR count). The third-order valence-electron chi connectivity index (χ3n) is 8.99. The number of anilines is 1. The molecule has 190 valence electrons. The minimum atomic E-state index is -0.754. The lowest BCUT2D eigenvalue weighted by atomic mass is 9.40. The maximum absolute atomic E-state index is 14.1. The number of rotatable bonds is 4. The number of aromatic nitrogens is 2. The topological polar surface area (TPSA) is 75.2 Å². The molecule has 1 aromatic heterocycles. The van der Waals surface area contributed by atoms with Crippen LogP contribution in [0.25, 0.3) is 0 Å². The minimum absolute atomic E-state index is 0.00890. The van der Waals surface area contributed by atoms with E-state index in [-0.39, 0.29) is 23.4 Å². The average Bonchev–Trinajstić information content (AvgIpc) is 2.77. The van der Waals surface area contributed by atoms with E-state index in [2.05, 4.69) is 29.1 Å². The van der Waals surface area contributed by atoms with Crippen LogP contribution in [-0.2, 0) is 17.8 Å². The van der Waals surface area contributed by atoms with E-state index >= 15 is 0 Å². The first-order valence-electron chi connectivity index (χ1n) is 12.9. The molecule has 2 unspecified atom stereocenters. The number of fused-ring (bicyclic) bond motifs is 1. The Morgan fingerprint density at radius 3 is 2.56 bits per heavy atom. The zero-order valence-electron chi connectivity index (χ0n) is 20.9. The van der Waals surface area contributed by atoms with Crippen LogP contribution in [0.1, 0.15) is 80.4 Å². The number of carbonyl (C=O) groups is 2. The highest BCUT2D eigenvalue weighted by atomic mass is 19.1. The molecule has 4 fully saturated rings. The molecule has 6 nitrogen and oxygen atoms in total. The van der Waals surface area contributed by atoms with Gasteiger partial charge in [0.05, 0.1) is 17.8 Å². The van der Waals surface area contributed by atoms with Crippen LogP contribution in [0.15, 0.2) is 24.5 Å². The van der Waals surface area contributed by atoms with Crippen LogP contribution in [0.5, 0.6) is 0 Å². The van der Waals surface area contributed by atoms with Crippen molar-refractivity contribution >= 4 is 17.6 Å². The van der Waals surface area contributed by atoms with Gasteiger partial charge in [-0.05, 0) is 85.3 Å². The number of benzene rings is 1. The summed E-state index contributed by atoms with van der Waals surface area (Å²) < 4.78 is 27.7. The first kappa shape index (κ1) is 23.5. The molecule has 1 aliphatic heterocycles. The molecule has 1 N–H and O–H groups in total. The van der Waals surface area contributed by atoms with Gasteiger partial charge >= 0.3 is 0 Å². The number of amides is 2. The largest absolute Gasteiger partial charge is 0.332 e. The monoisotopic (exact) mass is 494 g/mol. The molecule has 2 amide bonds. The van der Waals surface area contributed by atoms with Crippen molar-refractivity contribution in [2.45, 2.75) is 71.8 Å². The lowest BCUT2D eigenvalue weighted by Crippen LogP contribution is -2.55. The molecule has 36 heavy (non-hydrogen) atoms. The van der Waals surface area contributed by atoms with Crippen molar-refractivity contribution < 1.29 is 18.4 Å². The molecule has 0 spiro atoms. The minimum Gasteiger partial charge on any atom is -0.332 e. The molecule has 0 saturated heterocycles. The first-order chi connectivity index (χ1) is 17.0. The predicted molar refractivity (Wildman–Crippen MR) is 130 cm³/mol. The van der Waals surface area contributed by atoms with Crippen molar-refractivity contribution in [2.24, 2.45) is 22.2 Å². The summed E-state index contributed by atoms with van der Waals surface area (Å²) in [5.41, 5.74) is 1.89. The Kier molecular flexibility index (Phi) is 5.25. The Morgan fingerprint density at radius 1 is 1.08 bits per heavy atom. The highest BCUT2D eigenvalue weighted by molar-refractivity contribution is 5.95. The SMILES string of the molecule is CC12CC3CC(C)(C1)CC(CC(=O)Nc1ncnc4c1CCN(C(=O)c1cc(F)ccc1F)C4)(C3)C2. The Bertz CT molecular complexity index is 1250. The lowest BCUT2D eigenvalue weighted by Gasteiger charge is -2.65. The maximum atomic E-state index is 14.1. The molecule has 8 heteroatoms. The normalized spacial score (nSPS) is 32.3. The Balaban J connectivity index is 1.17. The highest BCUT2D eigenvalue weighted by Gasteiger charge is 2.60. The molecule has 4 saturated carbocycles. The molecular weight excluding hydrogens is 462 g/mol. The second-order valence-corrected chi connectivity index (χ2v) is 12.6. The molecule has 1 aromatic carbocycles. The van der Waals surface area contributed by atoms with Crippen LogP contribution in [0.2, 0.25) is 0 Å². The van der Waals surface area contributed by atoms with Gasteiger partial charge in [0.15, 0.2) is 0 Å². The quantitative estimate of drug-likeness (QED) is 0.628. The van der Waals surface area contributed by atoms with Crippen molar-refractivity contribution in [1.82, 2.24) is 14.9 Å². The molecule has 4 aliphatic carbocycles. The van der Waals surface area contributed by atoms with Crippen LogP contribution in [0.3, 0.4) is 0 Å². The smallest absolute Gasteiger partial charge is 0.257 e. The van der Waals surface area contributed by atoms with Gasteiger partial charge in [0.2, 0.25) is 5.91 Å². The number of hydrogen-bond donors (Lipinski definition) is 1. The summed E-state index contributed by atoms with van der Waals surface area (Å²) >= 11 is 0. The summed E-state index contributed by atoms with van der Waals surface area (Å²) in [7, 11) is 0. The zero-order chi connectivity index (χ0) is 25.3. The van der Waals surface area contributed by atoms with Crippen LogP contribution < -0.4 is 5.32 Å². The van der Waals surface area contributed by atoms with E-state index in [0.717, 1.165) is 48.9 Å². The van der Waals surface area contributed by atoms with Crippen molar-refractivity contribution in [1.29, 1.82) is 0 Å². The van der Waals surface area contributed by atoms with E-state index in [4.69, 9.17) is 0 Å². The van der Waals surface area contributed by atoms with Gasteiger partial charge in [0.25, 0.3) is 5.91 Å². The van der Waals surface area contributed by atoms with Gasteiger partial charge in [-0.25, -0.2) is 18.7 Å². The number of nitrogens with zero attached hydrogens (tertiary/aromatic N) is 3. The van der Waals surface area contributed by atoms with E-state index in [1.807, 2.05) is 0 Å². The van der Waals surface area contributed by atoms with Gasteiger partial charge < -0.3 is 10.2 Å². The van der Waals surface area contributed by atoms with Crippen LogP contribution >= 0.6 is 0 Å². The first-order valence-corrected chi connectivity index (χ1v) is 12.9. The van der Waals surface area contributed by atoms with E-state index in [0.29, 0.717) is 41.7 Å². The van der Waals surface area contributed by atoms with Crippen molar-refractivity contribution in [3.05, 3.63) is 53.0 Å². The van der Waals surface area contributed by atoms with Gasteiger partial charge in [0.1, 0.15) is 23.8 Å². The van der Waals surface area contributed by atoms with Crippen molar-refractivity contribution in [2.75, 3.05) is 11.9 Å². The predicted octanol–water partition coefficient (Wildman–Crippen LogP) is 5.28. The molecule has 4 bridgehead atoms. The summed E-state index contributed by atoms with van der Waals surface area (Å²) in [6.45, 7) is 5.27. The standard InChI is InChI=1S/C28H32F2N4O2/c1-26-8-17-9-27(2,13-26)15-28(10-17,14-26)11-23(35)33-24-19-5-6-34(12-22(19)31-16-32-24)25(36)20-7-18(29)3-4-21(20)30/h3-4,7,16-17H,5-6,8-15H2,1-2H3,(H,31,32,33,35). The van der Waals surface area contributed by atoms with Crippen LogP contribution in [0, 0.1) is 33.8 Å². The summed E-state index contributed by atoms with van der Waals surface area (Å²) in [5.74, 6) is -0.781. The third-order valence-corrected chi connectivity index (χ3v) is 8.99. The summed E-state index contributed by atoms with van der Waals surface area (Å²) in [4.78, 5) is 36.3. The number of carbonyl (C=O) groups excluding carboxylic acids is 2. The van der Waals surface area contributed by atoms with E-state index in [1.54, 1.807) is 0 Å². The van der Waals surface area contributed by atoms with Crippen LogP contribution in [-0.4, -0.2) is 33.2 Å². The second-order valence-electron chi connectivity index (χ2n) is 12.6. The van der Waals surface area contributed by atoms with Gasteiger partial charge in [-0.1, -0.05) is 13.8 Å². The van der Waals surface area contributed by atoms with Crippen LogP contribution in [0.4, 0.5) is 14.6 Å². The molecular formula is C28H32F2N4O2. The highest BCUT2D eigenvalue weighted by Crippen LogP contribution is 2.70. The van der Waals surface area contributed by atoms with Gasteiger partial charge in [-0.15, -0.1) is 0 Å². The fraction of sp³-hybridized carbons (Fsp3) is 0.571. The Hall–Kier alpha value is -2.90. The third kappa shape index (κ3) is 4.08. The summed E-state index contributed by atoms with van der Waals surface area (Å²) in [5, 5.41) is 3.06. The zero-order valence-corrected chi connectivity index (χ0v) is 20.9. The fourth-order valence-corrected chi connectivity index (χ4v) is 8.87. The maximum Gasteiger partial charge on any atom is 0.257 e. The van der Waals surface area contributed by atoms with Gasteiger partial charge in [-0.2, -0.15) is 0 Å². The van der Waals surface area contributed by atoms with Crippen molar-refractivity contribution in [3.63, 3.8) is 0 Å². The second kappa shape index (κ2) is 8.05. The van der Waals surface area contributed by atoms with E-state index in [9.17, 15) is 18.4 Å². The van der Waals surface area contributed by atoms with Crippen molar-refractivity contribution in [3.8, 4) is 0 Å². The summed E-state index contributed by atoms with van der Waals surface area (Å²) in [6, 6.07) is 2.87. The molecule has 2 atom stereocenters. The van der Waals surface area contributed by atoms with Gasteiger partial charge in [0, 0.05) is 18.5 Å².